The predicted octanol–water partition coefficient (Wildman–Crippen LogP) is 4.05. The van der Waals surface area contributed by atoms with E-state index in [0.29, 0.717) is 0 Å². The maximum absolute atomic E-state index is 13.1. The molecule has 0 radical (unpaired) electrons. The molecule has 26 heavy (non-hydrogen) atoms. The molecule has 0 saturated carbocycles. The molecule has 0 saturated heterocycles. The molecule has 1 N–H and O–H groups in total. The Bertz CT molecular complexity index is 1010. The highest BCUT2D eigenvalue weighted by atomic mass is 16.7. The minimum atomic E-state index is -1.18. The van der Waals surface area contributed by atoms with Crippen molar-refractivity contribution in [2.75, 3.05) is 5.32 Å². The quantitative estimate of drug-likeness (QED) is 0.765. The Kier molecular flexibility index (Phi) is 3.19. The van der Waals surface area contributed by atoms with Gasteiger partial charge in [-0.3, -0.25) is 4.79 Å². The van der Waals surface area contributed by atoms with E-state index < -0.39 is 5.60 Å². The van der Waals surface area contributed by atoms with Crippen LogP contribution in [0.1, 0.15) is 22.6 Å². The lowest BCUT2D eigenvalue weighted by molar-refractivity contribution is -0.139. The Morgan fingerprint density at radius 3 is 2.27 bits per heavy atom. The minimum absolute atomic E-state index is 0.178. The predicted molar refractivity (Wildman–Crippen MR) is 100.0 cm³/mol. The molecule has 0 bridgehead atoms. The normalized spacial score (nSPS) is 23.3. The Balaban J connectivity index is 1.74. The fourth-order valence-electron chi connectivity index (χ4n) is 3.92. The third-order valence-corrected chi connectivity index (χ3v) is 5.08. The molecule has 3 aromatic carbocycles. The lowest BCUT2D eigenvalue weighted by Crippen LogP contribution is -2.41. The van der Waals surface area contributed by atoms with Crippen LogP contribution in [0.25, 0.3) is 0 Å². The number of oxime groups is 1. The van der Waals surface area contributed by atoms with Gasteiger partial charge in [-0.05, 0) is 11.6 Å². The van der Waals surface area contributed by atoms with Crippen LogP contribution in [0.5, 0.6) is 0 Å². The van der Waals surface area contributed by atoms with Crippen molar-refractivity contribution in [2.24, 2.45) is 5.16 Å². The first kappa shape index (κ1) is 14.9. The molecule has 1 spiro atoms. The second-order valence-corrected chi connectivity index (χ2v) is 6.51. The molecular formula is C22H16N2O2. The first-order chi connectivity index (χ1) is 12.8. The van der Waals surface area contributed by atoms with Gasteiger partial charge in [0.25, 0.3) is 11.5 Å². The summed E-state index contributed by atoms with van der Waals surface area (Å²) < 4.78 is 0. The Morgan fingerprint density at radius 1 is 0.846 bits per heavy atom. The minimum Gasteiger partial charge on any atom is -0.373 e. The van der Waals surface area contributed by atoms with E-state index in [2.05, 4.69) is 10.5 Å². The summed E-state index contributed by atoms with van der Waals surface area (Å²) >= 11 is 0. The van der Waals surface area contributed by atoms with Crippen LogP contribution in [0.3, 0.4) is 0 Å². The molecule has 2 aliphatic heterocycles. The van der Waals surface area contributed by atoms with E-state index in [1.165, 1.54) is 0 Å². The Labute approximate surface area is 151 Å². The molecule has 4 heteroatoms. The zero-order valence-electron chi connectivity index (χ0n) is 13.9. The highest BCUT2D eigenvalue weighted by Crippen LogP contribution is 2.52. The van der Waals surface area contributed by atoms with Gasteiger partial charge in [0.15, 0.2) is 0 Å². The van der Waals surface area contributed by atoms with Gasteiger partial charge < -0.3 is 10.2 Å². The number of benzene rings is 3. The second kappa shape index (κ2) is 5.56. The van der Waals surface area contributed by atoms with Crippen LogP contribution in [0.4, 0.5) is 5.69 Å². The standard InChI is InChI=1S/C22H16N2O2/c25-21-22(17-13-7-8-14-18(17)23-21)19(15-9-3-1-4-10-15)20(24-26-22)16-11-5-2-6-12-16/h1-14,19H,(H,23,25)/t19-,22-/m0/s1. The third kappa shape index (κ3) is 1.96. The van der Waals surface area contributed by atoms with Crippen molar-refractivity contribution < 1.29 is 9.63 Å². The summed E-state index contributed by atoms with van der Waals surface area (Å²) in [6.45, 7) is 0. The van der Waals surface area contributed by atoms with E-state index in [1.807, 2.05) is 84.9 Å². The van der Waals surface area contributed by atoms with Crippen molar-refractivity contribution in [3.8, 4) is 0 Å². The summed E-state index contributed by atoms with van der Waals surface area (Å²) in [6, 6.07) is 27.5. The SMILES string of the molecule is O=C1Nc2ccccc2[C@@]12ON=C(c1ccccc1)[C@@H]2c1ccccc1. The van der Waals surface area contributed by atoms with Gasteiger partial charge in [0.1, 0.15) is 0 Å². The van der Waals surface area contributed by atoms with Crippen LogP contribution in [0.2, 0.25) is 0 Å². The van der Waals surface area contributed by atoms with E-state index >= 15 is 0 Å². The first-order valence-corrected chi connectivity index (χ1v) is 8.58. The van der Waals surface area contributed by atoms with Crippen LogP contribution in [0, 0.1) is 0 Å². The number of amides is 1. The number of rotatable bonds is 2. The number of nitrogens with one attached hydrogen (secondary N) is 1. The molecule has 1 amide bonds. The summed E-state index contributed by atoms with van der Waals surface area (Å²) in [7, 11) is 0. The van der Waals surface area contributed by atoms with E-state index in [4.69, 9.17) is 4.84 Å². The monoisotopic (exact) mass is 340 g/mol. The van der Waals surface area contributed by atoms with E-state index in [-0.39, 0.29) is 11.8 Å². The Morgan fingerprint density at radius 2 is 1.50 bits per heavy atom. The summed E-state index contributed by atoms with van der Waals surface area (Å²) in [5.74, 6) is -0.503. The smallest absolute Gasteiger partial charge is 0.277 e. The molecule has 0 aromatic heterocycles. The lowest BCUT2D eigenvalue weighted by Gasteiger charge is -2.28. The Hall–Kier alpha value is -3.40. The topological polar surface area (TPSA) is 50.7 Å². The van der Waals surface area contributed by atoms with Crippen molar-refractivity contribution in [3.63, 3.8) is 0 Å². The zero-order chi connectivity index (χ0) is 17.6. The van der Waals surface area contributed by atoms with Gasteiger partial charge in [-0.1, -0.05) is 84.0 Å². The van der Waals surface area contributed by atoms with Gasteiger partial charge in [0.05, 0.1) is 11.6 Å². The molecule has 2 aliphatic rings. The average molecular weight is 340 g/mol. The largest absolute Gasteiger partial charge is 0.373 e. The second-order valence-electron chi connectivity index (χ2n) is 6.51. The fraction of sp³-hybridized carbons (Fsp3) is 0.0909. The van der Waals surface area contributed by atoms with Crippen LogP contribution in [0.15, 0.2) is 90.1 Å². The van der Waals surface area contributed by atoms with Gasteiger partial charge in [-0.2, -0.15) is 0 Å². The zero-order valence-corrected chi connectivity index (χ0v) is 13.9. The number of nitrogens with zero attached hydrogens (tertiary/aromatic N) is 1. The van der Waals surface area contributed by atoms with Crippen LogP contribution in [-0.2, 0) is 15.2 Å². The number of carbonyl (C=O) groups excluding carboxylic acids is 1. The molecule has 4 nitrogen and oxygen atoms in total. The highest BCUT2D eigenvalue weighted by molar-refractivity contribution is 6.15. The van der Waals surface area contributed by atoms with E-state index in [1.54, 1.807) is 0 Å². The summed E-state index contributed by atoms with van der Waals surface area (Å²) in [6.07, 6.45) is 0. The first-order valence-electron chi connectivity index (χ1n) is 8.58. The number of carbonyl (C=O) groups is 1. The van der Waals surface area contributed by atoms with Crippen molar-refractivity contribution in [3.05, 3.63) is 102 Å². The number of fused-ring (bicyclic) bond motifs is 2. The molecule has 2 atom stereocenters. The average Bonchev–Trinajstić information content (AvgIpc) is 3.23. The summed E-state index contributed by atoms with van der Waals surface area (Å²) in [5.41, 5.74) is 3.15. The fourth-order valence-corrected chi connectivity index (χ4v) is 3.92. The summed E-state index contributed by atoms with van der Waals surface area (Å²) in [5, 5.41) is 7.37. The van der Waals surface area contributed by atoms with Crippen molar-refractivity contribution >= 4 is 17.3 Å². The molecule has 0 unspecified atom stereocenters. The van der Waals surface area contributed by atoms with Gasteiger partial charge in [0.2, 0.25) is 0 Å². The van der Waals surface area contributed by atoms with Crippen LogP contribution >= 0.6 is 0 Å². The number of hydrogen-bond acceptors (Lipinski definition) is 3. The number of anilines is 1. The molecule has 2 heterocycles. The highest BCUT2D eigenvalue weighted by Gasteiger charge is 2.61. The molecule has 5 rings (SSSR count). The number of para-hydroxylation sites is 1. The summed E-state index contributed by atoms with van der Waals surface area (Å²) in [4.78, 5) is 19.1. The van der Waals surface area contributed by atoms with Gasteiger partial charge >= 0.3 is 0 Å². The van der Waals surface area contributed by atoms with E-state index in [9.17, 15) is 4.79 Å². The lowest BCUT2D eigenvalue weighted by atomic mass is 9.74. The van der Waals surface area contributed by atoms with E-state index in [0.717, 1.165) is 28.1 Å². The van der Waals surface area contributed by atoms with Gasteiger partial charge in [0, 0.05) is 16.8 Å². The van der Waals surface area contributed by atoms with Crippen LogP contribution < -0.4 is 5.32 Å². The molecule has 3 aromatic rings. The maximum Gasteiger partial charge on any atom is 0.277 e. The van der Waals surface area contributed by atoms with Crippen LogP contribution in [-0.4, -0.2) is 11.6 Å². The van der Waals surface area contributed by atoms with Crippen molar-refractivity contribution in [1.82, 2.24) is 0 Å². The van der Waals surface area contributed by atoms with Gasteiger partial charge in [-0.25, -0.2) is 0 Å². The molecular weight excluding hydrogens is 324 g/mol. The molecule has 0 fully saturated rings. The van der Waals surface area contributed by atoms with Crippen molar-refractivity contribution in [1.29, 1.82) is 0 Å². The van der Waals surface area contributed by atoms with Crippen molar-refractivity contribution in [2.45, 2.75) is 11.5 Å². The maximum atomic E-state index is 13.1. The number of hydrogen-bond donors (Lipinski definition) is 1. The molecule has 126 valence electrons. The van der Waals surface area contributed by atoms with Gasteiger partial charge in [-0.15, -0.1) is 0 Å². The molecule has 0 aliphatic carbocycles. The third-order valence-electron chi connectivity index (χ3n) is 5.08.